The molecule has 1 amide bonds. The second-order valence-corrected chi connectivity index (χ2v) is 6.22. The van der Waals surface area contributed by atoms with Crippen molar-refractivity contribution in [3.63, 3.8) is 0 Å². The van der Waals surface area contributed by atoms with Crippen molar-refractivity contribution >= 4 is 26.7 Å². The van der Waals surface area contributed by atoms with E-state index in [1.165, 1.54) is 6.92 Å². The zero-order valence-corrected chi connectivity index (χ0v) is 12.5. The van der Waals surface area contributed by atoms with Crippen LogP contribution in [0.15, 0.2) is 0 Å². The van der Waals surface area contributed by atoms with Gasteiger partial charge in [-0.05, 0) is 12.3 Å². The van der Waals surface area contributed by atoms with E-state index < -0.39 is 45.3 Å². The van der Waals surface area contributed by atoms with Crippen LogP contribution in [-0.4, -0.2) is 51.1 Å². The van der Waals surface area contributed by atoms with E-state index >= 15 is 0 Å². The first-order valence-electron chi connectivity index (χ1n) is 5.41. The monoisotopic (exact) mass is 335 g/mol. The Bertz CT molecular complexity index is 512. The van der Waals surface area contributed by atoms with Gasteiger partial charge in [-0.3, -0.25) is 13.9 Å². The number of hydrogen-bond donors (Lipinski definition) is 3. The van der Waals surface area contributed by atoms with Crippen molar-refractivity contribution in [2.45, 2.75) is 26.3 Å². The fourth-order valence-corrected chi connectivity index (χ4v) is 1.93. The third-order valence-electron chi connectivity index (χ3n) is 2.28. The SMILES string of the molecule is CC(=O)NC(COS(=O)(=O)O)C(C)CCOS(=O)(=O)O. The number of amides is 1. The Kier molecular flexibility index (Phi) is 7.54. The molecule has 0 aromatic rings. The molecule has 0 aromatic heterocycles. The lowest BCUT2D eigenvalue weighted by Crippen LogP contribution is -2.42. The number of nitrogens with one attached hydrogen (secondary N) is 1. The van der Waals surface area contributed by atoms with Crippen LogP contribution in [0.1, 0.15) is 20.3 Å². The maximum atomic E-state index is 11.0. The Morgan fingerprint density at radius 2 is 1.65 bits per heavy atom. The van der Waals surface area contributed by atoms with Gasteiger partial charge in [0.25, 0.3) is 0 Å². The summed E-state index contributed by atoms with van der Waals surface area (Å²) in [7, 11) is -9.21. The minimum Gasteiger partial charge on any atom is -0.351 e. The minimum absolute atomic E-state index is 0.0829. The van der Waals surface area contributed by atoms with Gasteiger partial charge >= 0.3 is 20.8 Å². The van der Waals surface area contributed by atoms with Crippen LogP contribution in [0, 0.1) is 5.92 Å². The molecular weight excluding hydrogens is 318 g/mol. The summed E-state index contributed by atoms with van der Waals surface area (Å²) in [4.78, 5) is 11.0. The molecule has 0 aliphatic carbocycles. The van der Waals surface area contributed by atoms with Crippen molar-refractivity contribution in [1.29, 1.82) is 0 Å². The van der Waals surface area contributed by atoms with Gasteiger partial charge in [0.2, 0.25) is 5.91 Å². The fraction of sp³-hybridized carbons (Fsp3) is 0.875. The molecule has 0 aromatic carbocycles. The molecule has 20 heavy (non-hydrogen) atoms. The van der Waals surface area contributed by atoms with E-state index in [0.717, 1.165) is 0 Å². The lowest BCUT2D eigenvalue weighted by Gasteiger charge is -2.23. The molecule has 0 aliphatic heterocycles. The molecule has 0 spiro atoms. The first-order chi connectivity index (χ1) is 8.91. The van der Waals surface area contributed by atoms with E-state index in [4.69, 9.17) is 9.11 Å². The molecule has 3 N–H and O–H groups in total. The molecule has 0 aliphatic rings. The molecule has 0 saturated carbocycles. The highest BCUT2D eigenvalue weighted by Gasteiger charge is 2.21. The second-order valence-electron chi connectivity index (χ2n) is 4.03. The number of hydrogen-bond acceptors (Lipinski definition) is 7. The van der Waals surface area contributed by atoms with Gasteiger partial charge in [0.1, 0.15) is 0 Å². The molecule has 0 heterocycles. The Hall–Kier alpha value is -0.790. The second kappa shape index (κ2) is 7.85. The maximum absolute atomic E-state index is 11.0. The van der Waals surface area contributed by atoms with Gasteiger partial charge in [-0.25, -0.2) is 8.37 Å². The van der Waals surface area contributed by atoms with Crippen LogP contribution in [0.3, 0.4) is 0 Å². The van der Waals surface area contributed by atoms with Crippen molar-refractivity contribution in [3.8, 4) is 0 Å². The van der Waals surface area contributed by atoms with E-state index in [2.05, 4.69) is 13.7 Å². The predicted octanol–water partition coefficient (Wildman–Crippen LogP) is -0.844. The lowest BCUT2D eigenvalue weighted by molar-refractivity contribution is -0.120. The van der Waals surface area contributed by atoms with Gasteiger partial charge in [0.15, 0.2) is 0 Å². The Morgan fingerprint density at radius 1 is 1.15 bits per heavy atom. The third kappa shape index (κ3) is 11.1. The smallest absolute Gasteiger partial charge is 0.351 e. The zero-order valence-electron chi connectivity index (χ0n) is 10.8. The summed E-state index contributed by atoms with van der Waals surface area (Å²) in [5.41, 5.74) is 0. The maximum Gasteiger partial charge on any atom is 0.397 e. The quantitative estimate of drug-likeness (QED) is 0.457. The molecule has 2 atom stereocenters. The molecule has 0 rings (SSSR count). The zero-order chi connectivity index (χ0) is 16.0. The summed E-state index contributed by atoms with van der Waals surface area (Å²) in [6.45, 7) is 1.89. The summed E-state index contributed by atoms with van der Waals surface area (Å²) in [5, 5.41) is 2.39. The Balaban J connectivity index is 4.48. The summed E-state index contributed by atoms with van der Waals surface area (Å²) >= 11 is 0. The third-order valence-corrected chi connectivity index (χ3v) is 3.18. The number of carbonyl (C=O) groups excluding carboxylic acids is 1. The van der Waals surface area contributed by atoms with Crippen molar-refractivity contribution in [2.75, 3.05) is 13.2 Å². The van der Waals surface area contributed by atoms with Crippen LogP contribution in [0.25, 0.3) is 0 Å². The predicted molar refractivity (Wildman–Crippen MR) is 66.4 cm³/mol. The van der Waals surface area contributed by atoms with Gasteiger partial charge in [-0.15, -0.1) is 0 Å². The summed E-state index contributed by atoms with van der Waals surface area (Å²) in [6.07, 6.45) is 0.0829. The highest BCUT2D eigenvalue weighted by atomic mass is 32.3. The summed E-state index contributed by atoms with van der Waals surface area (Å²) < 4.78 is 66.7. The van der Waals surface area contributed by atoms with Gasteiger partial charge in [-0.1, -0.05) is 6.92 Å². The van der Waals surface area contributed by atoms with Crippen molar-refractivity contribution in [1.82, 2.24) is 5.32 Å². The average Bonchev–Trinajstić information content (AvgIpc) is 2.20. The first-order valence-corrected chi connectivity index (χ1v) is 8.14. The summed E-state index contributed by atoms with van der Waals surface area (Å²) in [5.74, 6) is -0.904. The van der Waals surface area contributed by atoms with Crippen molar-refractivity contribution in [3.05, 3.63) is 0 Å². The minimum atomic E-state index is -4.65. The van der Waals surface area contributed by atoms with Crippen LogP contribution in [-0.2, 0) is 34.0 Å². The van der Waals surface area contributed by atoms with E-state index in [9.17, 15) is 21.6 Å². The van der Waals surface area contributed by atoms with E-state index in [1.807, 2.05) is 0 Å². The van der Waals surface area contributed by atoms with E-state index in [1.54, 1.807) is 6.92 Å². The van der Waals surface area contributed by atoms with Gasteiger partial charge in [0, 0.05) is 6.92 Å². The van der Waals surface area contributed by atoms with E-state index in [0.29, 0.717) is 0 Å². The molecule has 10 nitrogen and oxygen atoms in total. The van der Waals surface area contributed by atoms with Crippen LogP contribution < -0.4 is 5.32 Å². The van der Waals surface area contributed by atoms with Gasteiger partial charge < -0.3 is 5.32 Å². The van der Waals surface area contributed by atoms with Crippen LogP contribution in [0.2, 0.25) is 0 Å². The van der Waals surface area contributed by atoms with E-state index in [-0.39, 0.29) is 13.0 Å². The molecule has 0 saturated heterocycles. The topological polar surface area (TPSA) is 156 Å². The normalized spacial score (nSPS) is 15.6. The van der Waals surface area contributed by atoms with Crippen molar-refractivity contribution < 1.29 is 39.1 Å². The number of carbonyl (C=O) groups is 1. The molecule has 12 heteroatoms. The molecule has 120 valence electrons. The Morgan fingerprint density at radius 3 is 2.05 bits per heavy atom. The van der Waals surface area contributed by atoms with Crippen LogP contribution in [0.5, 0.6) is 0 Å². The standard InChI is InChI=1S/C8H17NO9S2/c1-6(3-4-17-19(11,12)13)8(9-7(2)10)5-18-20(14,15)16/h6,8H,3-5H2,1-2H3,(H,9,10)(H,11,12,13)(H,14,15,16). The molecule has 0 fully saturated rings. The largest absolute Gasteiger partial charge is 0.397 e. The fourth-order valence-electron chi connectivity index (χ4n) is 1.31. The van der Waals surface area contributed by atoms with Crippen molar-refractivity contribution in [2.24, 2.45) is 5.92 Å². The lowest BCUT2D eigenvalue weighted by atomic mass is 9.99. The molecule has 0 bridgehead atoms. The highest BCUT2D eigenvalue weighted by Crippen LogP contribution is 2.11. The Labute approximate surface area is 117 Å². The molecule has 0 radical (unpaired) electrons. The molecular formula is C8H17NO9S2. The van der Waals surface area contributed by atoms with Crippen LogP contribution >= 0.6 is 0 Å². The molecule has 2 unspecified atom stereocenters. The average molecular weight is 335 g/mol. The van der Waals surface area contributed by atoms with Gasteiger partial charge in [-0.2, -0.15) is 16.8 Å². The van der Waals surface area contributed by atoms with Gasteiger partial charge in [0.05, 0.1) is 19.3 Å². The first kappa shape index (κ1) is 19.2. The summed E-state index contributed by atoms with van der Waals surface area (Å²) in [6, 6.07) is -0.792. The number of rotatable bonds is 9. The highest BCUT2D eigenvalue weighted by molar-refractivity contribution is 7.81. The van der Waals surface area contributed by atoms with Crippen LogP contribution in [0.4, 0.5) is 0 Å².